The van der Waals surface area contributed by atoms with Crippen LogP contribution in [0.15, 0.2) is 54.0 Å². The van der Waals surface area contributed by atoms with Crippen LogP contribution < -0.4 is 5.32 Å². The molecule has 1 aliphatic carbocycles. The molecule has 0 radical (unpaired) electrons. The van der Waals surface area contributed by atoms with Gasteiger partial charge < -0.3 is 14.8 Å². The molecule has 0 saturated carbocycles. The zero-order valence-electron chi connectivity index (χ0n) is 18.9. The Labute approximate surface area is 202 Å². The molecule has 4 heterocycles. The number of anilines is 1. The van der Waals surface area contributed by atoms with Crippen molar-refractivity contribution in [3.63, 3.8) is 0 Å². The molecule has 6 rings (SSSR count). The Hall–Kier alpha value is -2.83. The van der Waals surface area contributed by atoms with E-state index in [1.54, 1.807) is 11.3 Å². The highest BCUT2D eigenvalue weighted by molar-refractivity contribution is 7.15. The topological polar surface area (TPSA) is 37.3 Å². The number of nitrogens with zero attached hydrogens (tertiary/aromatic N) is 2. The Morgan fingerprint density at radius 1 is 1.06 bits per heavy atom. The maximum Gasteiger partial charge on any atom is 0.323 e. The van der Waals surface area contributed by atoms with Crippen LogP contribution in [0.4, 0.5) is 10.5 Å². The van der Waals surface area contributed by atoms with Gasteiger partial charge in [-0.15, -0.1) is 22.7 Å². The van der Waals surface area contributed by atoms with Crippen LogP contribution >= 0.6 is 22.7 Å². The first-order valence-corrected chi connectivity index (χ1v) is 13.3. The predicted octanol–water partition coefficient (Wildman–Crippen LogP) is 7.23. The summed E-state index contributed by atoms with van der Waals surface area (Å²) in [5.74, 6) is 0. The molecule has 2 amide bonds. The third-order valence-electron chi connectivity index (χ3n) is 6.89. The average molecular weight is 474 g/mol. The summed E-state index contributed by atoms with van der Waals surface area (Å²) in [5.41, 5.74) is 7.08. The molecule has 1 unspecified atom stereocenters. The second-order valence-corrected chi connectivity index (χ2v) is 11.2. The minimum atomic E-state index is -0.121. The number of nitrogens with one attached hydrogen (secondary N) is 1. The quantitative estimate of drug-likeness (QED) is 0.327. The van der Waals surface area contributed by atoms with E-state index in [2.05, 4.69) is 70.8 Å². The summed E-state index contributed by atoms with van der Waals surface area (Å²) in [5, 5.41) is 6.65. The first kappa shape index (κ1) is 20.8. The zero-order valence-corrected chi connectivity index (χ0v) is 20.6. The molecular formula is C27H27N3OS2. The van der Waals surface area contributed by atoms with Crippen LogP contribution in [0.3, 0.4) is 0 Å². The Balaban J connectivity index is 1.49. The Morgan fingerprint density at radius 3 is 2.79 bits per heavy atom. The molecule has 2 aliphatic rings. The number of aryl methyl sites for hydroxylation is 3. The third kappa shape index (κ3) is 3.52. The van der Waals surface area contributed by atoms with E-state index >= 15 is 0 Å². The van der Waals surface area contributed by atoms with Crippen LogP contribution in [-0.2, 0) is 19.4 Å². The van der Waals surface area contributed by atoms with Crippen LogP contribution in [0.2, 0.25) is 0 Å². The third-order valence-corrected chi connectivity index (χ3v) is 9.15. The number of fused-ring (bicyclic) bond motifs is 5. The zero-order chi connectivity index (χ0) is 22.5. The Morgan fingerprint density at radius 2 is 1.94 bits per heavy atom. The van der Waals surface area contributed by atoms with E-state index in [-0.39, 0.29) is 12.1 Å². The minimum Gasteiger partial charge on any atom is -0.310 e. The number of amides is 2. The second kappa shape index (κ2) is 8.19. The molecule has 4 aromatic rings. The number of carbonyl (C=O) groups is 1. The highest BCUT2D eigenvalue weighted by atomic mass is 32.1. The number of hydrogen-bond acceptors (Lipinski definition) is 3. The molecule has 0 spiro atoms. The van der Waals surface area contributed by atoms with Crippen LogP contribution in [0.5, 0.6) is 0 Å². The normalized spacial score (nSPS) is 17.2. The summed E-state index contributed by atoms with van der Waals surface area (Å²) in [7, 11) is 0. The van der Waals surface area contributed by atoms with E-state index in [1.807, 2.05) is 23.2 Å². The Bertz CT molecular complexity index is 1330. The van der Waals surface area contributed by atoms with Crippen LogP contribution in [0, 0.1) is 13.8 Å². The van der Waals surface area contributed by atoms with Crippen LogP contribution in [-0.4, -0.2) is 15.5 Å². The van der Waals surface area contributed by atoms with Gasteiger partial charge in [0.1, 0.15) is 11.0 Å². The summed E-state index contributed by atoms with van der Waals surface area (Å²) in [6.07, 6.45) is 6.95. The number of hydrogen-bond donors (Lipinski definition) is 1. The number of carbonyl (C=O) groups excluding carboxylic acids is 1. The summed E-state index contributed by atoms with van der Waals surface area (Å²) in [6.45, 7) is 4.74. The van der Waals surface area contributed by atoms with E-state index in [4.69, 9.17) is 0 Å². The first-order chi connectivity index (χ1) is 16.1. The van der Waals surface area contributed by atoms with Crippen molar-refractivity contribution >= 4 is 34.4 Å². The van der Waals surface area contributed by atoms with Crippen molar-refractivity contribution in [3.05, 3.63) is 91.7 Å². The minimum absolute atomic E-state index is 0.0431. The molecule has 4 nitrogen and oxygen atoms in total. The number of aromatic nitrogens is 1. The number of thiophene rings is 2. The van der Waals surface area contributed by atoms with Crippen LogP contribution in [0.1, 0.15) is 56.6 Å². The summed E-state index contributed by atoms with van der Waals surface area (Å²) >= 11 is 3.65. The van der Waals surface area contributed by atoms with Crippen molar-refractivity contribution < 1.29 is 4.79 Å². The average Bonchev–Trinajstić information content (AvgIpc) is 3.55. The van der Waals surface area contributed by atoms with Crippen molar-refractivity contribution in [2.45, 2.75) is 52.1 Å². The molecule has 6 heteroatoms. The Kier molecular flexibility index (Phi) is 5.15. The number of urea groups is 1. The molecule has 1 atom stereocenters. The molecule has 168 valence electrons. The van der Waals surface area contributed by atoms with Gasteiger partial charge >= 0.3 is 6.03 Å². The highest BCUT2D eigenvalue weighted by Crippen LogP contribution is 2.44. The highest BCUT2D eigenvalue weighted by Gasteiger charge is 2.36. The second-order valence-electron chi connectivity index (χ2n) is 9.09. The molecule has 0 saturated heterocycles. The van der Waals surface area contributed by atoms with Crippen molar-refractivity contribution in [3.8, 4) is 5.00 Å². The van der Waals surface area contributed by atoms with Crippen molar-refractivity contribution in [2.24, 2.45) is 0 Å². The molecule has 1 aromatic carbocycles. The maximum atomic E-state index is 13.9. The van der Waals surface area contributed by atoms with Gasteiger partial charge in [-0.25, -0.2) is 4.79 Å². The number of rotatable bonds is 2. The van der Waals surface area contributed by atoms with Gasteiger partial charge in [-0.1, -0.05) is 18.2 Å². The van der Waals surface area contributed by atoms with E-state index in [9.17, 15) is 4.79 Å². The van der Waals surface area contributed by atoms with Gasteiger partial charge in [-0.2, -0.15) is 0 Å². The molecule has 1 N–H and O–H groups in total. The lowest BCUT2D eigenvalue weighted by molar-refractivity contribution is 0.195. The van der Waals surface area contributed by atoms with E-state index in [1.165, 1.54) is 38.7 Å². The number of benzene rings is 1. The molecule has 33 heavy (non-hydrogen) atoms. The van der Waals surface area contributed by atoms with Gasteiger partial charge in [-0.05, 0) is 85.9 Å². The van der Waals surface area contributed by atoms with Gasteiger partial charge in [0, 0.05) is 27.2 Å². The molecular weight excluding hydrogens is 446 g/mol. The molecule has 1 aliphatic heterocycles. The van der Waals surface area contributed by atoms with Gasteiger partial charge in [0.05, 0.1) is 12.2 Å². The summed E-state index contributed by atoms with van der Waals surface area (Å²) in [6, 6.07) is 14.6. The fraction of sp³-hybridized carbons (Fsp3) is 0.296. The lowest BCUT2D eigenvalue weighted by atomic mass is 9.95. The lowest BCUT2D eigenvalue weighted by Crippen LogP contribution is -2.38. The first-order valence-electron chi connectivity index (χ1n) is 11.6. The summed E-state index contributed by atoms with van der Waals surface area (Å²) in [4.78, 5) is 18.7. The predicted molar refractivity (Wildman–Crippen MR) is 137 cm³/mol. The molecule has 0 bridgehead atoms. The SMILES string of the molecule is Cc1ccc(C)c(NC(=O)N2Cc3c(sc4c3CCCC4)-n3cccc3C2c2cccs2)c1. The van der Waals surface area contributed by atoms with Crippen LogP contribution in [0.25, 0.3) is 5.00 Å². The largest absolute Gasteiger partial charge is 0.323 e. The fourth-order valence-corrected chi connectivity index (χ4v) is 7.44. The monoisotopic (exact) mass is 473 g/mol. The standard InChI is InChI=1S/C27H27N3OS2/c1-17-11-12-18(2)21(15-17)28-27(31)30-16-20-19-7-3-4-9-23(19)33-26(20)29-13-5-8-22(29)25(30)24-10-6-14-32-24/h5-6,8,10-15,25H,3-4,7,9,16H2,1-2H3,(H,28,31). The fourth-order valence-electron chi connectivity index (χ4n) is 5.19. The van der Waals surface area contributed by atoms with Crippen molar-refractivity contribution in [1.29, 1.82) is 0 Å². The maximum absolute atomic E-state index is 13.9. The van der Waals surface area contributed by atoms with Crippen molar-refractivity contribution in [2.75, 3.05) is 5.32 Å². The smallest absolute Gasteiger partial charge is 0.310 e. The van der Waals surface area contributed by atoms with Crippen molar-refractivity contribution in [1.82, 2.24) is 9.47 Å². The van der Waals surface area contributed by atoms with Gasteiger partial charge in [0.25, 0.3) is 0 Å². The summed E-state index contributed by atoms with van der Waals surface area (Å²) < 4.78 is 2.34. The van der Waals surface area contributed by atoms with Gasteiger partial charge in [0.2, 0.25) is 0 Å². The van der Waals surface area contributed by atoms with E-state index in [0.29, 0.717) is 6.54 Å². The van der Waals surface area contributed by atoms with E-state index in [0.717, 1.165) is 35.3 Å². The lowest BCUT2D eigenvalue weighted by Gasteiger charge is -2.30. The van der Waals surface area contributed by atoms with Gasteiger partial charge in [-0.3, -0.25) is 0 Å². The van der Waals surface area contributed by atoms with E-state index < -0.39 is 0 Å². The molecule has 3 aromatic heterocycles. The van der Waals surface area contributed by atoms with Gasteiger partial charge in [0.15, 0.2) is 0 Å². The molecule has 0 fully saturated rings.